The SMILES string of the molecule is CCCCCN(Cc1ccc(F)cc1)C(=O)CC1CCCN1. The third-order valence-corrected chi connectivity index (χ3v) is 4.25. The Morgan fingerprint density at radius 1 is 1.32 bits per heavy atom. The molecule has 0 radical (unpaired) electrons. The Labute approximate surface area is 132 Å². The van der Waals surface area contributed by atoms with E-state index in [1.807, 2.05) is 4.90 Å². The lowest BCUT2D eigenvalue weighted by molar-refractivity contribution is -0.132. The predicted octanol–water partition coefficient (Wildman–Crippen LogP) is 3.49. The number of nitrogens with zero attached hydrogens (tertiary/aromatic N) is 1. The number of amides is 1. The third-order valence-electron chi connectivity index (χ3n) is 4.25. The van der Waals surface area contributed by atoms with Crippen LogP contribution in [0.25, 0.3) is 0 Å². The maximum Gasteiger partial charge on any atom is 0.224 e. The highest BCUT2D eigenvalue weighted by atomic mass is 19.1. The zero-order chi connectivity index (χ0) is 15.8. The molecule has 1 amide bonds. The van der Waals surface area contributed by atoms with Crippen molar-refractivity contribution in [3.05, 3.63) is 35.6 Å². The van der Waals surface area contributed by atoms with Crippen LogP contribution in [0.2, 0.25) is 0 Å². The van der Waals surface area contributed by atoms with Crippen molar-refractivity contribution < 1.29 is 9.18 Å². The molecule has 0 bridgehead atoms. The molecule has 0 spiro atoms. The van der Waals surface area contributed by atoms with E-state index in [0.717, 1.165) is 50.8 Å². The first-order chi connectivity index (χ1) is 10.7. The van der Waals surface area contributed by atoms with E-state index in [1.165, 1.54) is 12.1 Å². The maximum atomic E-state index is 13.0. The van der Waals surface area contributed by atoms with Crippen LogP contribution in [0.1, 0.15) is 51.0 Å². The van der Waals surface area contributed by atoms with E-state index in [2.05, 4.69) is 12.2 Å². The quantitative estimate of drug-likeness (QED) is 0.746. The lowest BCUT2D eigenvalue weighted by atomic mass is 10.1. The van der Waals surface area contributed by atoms with Crippen molar-refractivity contribution in [1.82, 2.24) is 10.2 Å². The van der Waals surface area contributed by atoms with E-state index >= 15 is 0 Å². The van der Waals surface area contributed by atoms with Crippen LogP contribution >= 0.6 is 0 Å². The molecular weight excluding hydrogens is 279 g/mol. The maximum absolute atomic E-state index is 13.0. The molecule has 22 heavy (non-hydrogen) atoms. The van der Waals surface area contributed by atoms with Gasteiger partial charge in [0.15, 0.2) is 0 Å². The van der Waals surface area contributed by atoms with Gasteiger partial charge in [-0.3, -0.25) is 4.79 Å². The molecule has 1 aromatic carbocycles. The molecule has 1 heterocycles. The monoisotopic (exact) mass is 306 g/mol. The number of rotatable bonds is 8. The number of benzene rings is 1. The number of carbonyl (C=O) groups excluding carboxylic acids is 1. The van der Waals surface area contributed by atoms with Crippen molar-refractivity contribution in [2.24, 2.45) is 0 Å². The zero-order valence-corrected chi connectivity index (χ0v) is 13.5. The molecule has 1 unspecified atom stereocenters. The van der Waals surface area contributed by atoms with Gasteiger partial charge in [0.1, 0.15) is 5.82 Å². The molecule has 1 fully saturated rings. The summed E-state index contributed by atoms with van der Waals surface area (Å²) in [6.45, 7) is 4.55. The topological polar surface area (TPSA) is 32.3 Å². The summed E-state index contributed by atoms with van der Waals surface area (Å²) < 4.78 is 13.0. The van der Waals surface area contributed by atoms with Crippen molar-refractivity contribution in [3.8, 4) is 0 Å². The molecule has 1 N–H and O–H groups in total. The average molecular weight is 306 g/mol. The van der Waals surface area contributed by atoms with Crippen LogP contribution in [0, 0.1) is 5.82 Å². The third kappa shape index (κ3) is 5.41. The first-order valence-electron chi connectivity index (χ1n) is 8.44. The fourth-order valence-corrected chi connectivity index (χ4v) is 2.93. The van der Waals surface area contributed by atoms with E-state index in [4.69, 9.17) is 0 Å². The van der Waals surface area contributed by atoms with E-state index in [1.54, 1.807) is 12.1 Å². The fraction of sp³-hybridized carbons (Fsp3) is 0.611. The Bertz CT molecular complexity index is 455. The molecule has 1 atom stereocenters. The summed E-state index contributed by atoms with van der Waals surface area (Å²) in [4.78, 5) is 14.5. The van der Waals surface area contributed by atoms with E-state index < -0.39 is 0 Å². The summed E-state index contributed by atoms with van der Waals surface area (Å²) in [7, 11) is 0. The largest absolute Gasteiger partial charge is 0.338 e. The van der Waals surface area contributed by atoms with Crippen LogP contribution in [0.5, 0.6) is 0 Å². The molecule has 0 aromatic heterocycles. The Kier molecular flexibility index (Phi) is 6.84. The fourth-order valence-electron chi connectivity index (χ4n) is 2.93. The second kappa shape index (κ2) is 8.89. The Morgan fingerprint density at radius 3 is 2.73 bits per heavy atom. The minimum absolute atomic E-state index is 0.208. The average Bonchev–Trinajstić information content (AvgIpc) is 3.01. The van der Waals surface area contributed by atoms with Gasteiger partial charge in [-0.15, -0.1) is 0 Å². The van der Waals surface area contributed by atoms with Gasteiger partial charge in [-0.2, -0.15) is 0 Å². The van der Waals surface area contributed by atoms with Crippen LogP contribution in [0.15, 0.2) is 24.3 Å². The normalized spacial score (nSPS) is 17.6. The van der Waals surface area contributed by atoms with Crippen molar-refractivity contribution in [2.45, 2.75) is 58.0 Å². The smallest absolute Gasteiger partial charge is 0.224 e. The number of halogens is 1. The van der Waals surface area contributed by atoms with Gasteiger partial charge in [0.05, 0.1) is 0 Å². The lowest BCUT2D eigenvalue weighted by Gasteiger charge is -2.24. The molecule has 1 aliphatic heterocycles. The molecule has 3 nitrogen and oxygen atoms in total. The Morgan fingerprint density at radius 2 is 2.09 bits per heavy atom. The number of carbonyl (C=O) groups is 1. The predicted molar refractivity (Wildman–Crippen MR) is 87.0 cm³/mol. The molecule has 1 aliphatic rings. The minimum Gasteiger partial charge on any atom is -0.338 e. The van der Waals surface area contributed by atoms with Crippen LogP contribution in [0.4, 0.5) is 4.39 Å². The van der Waals surface area contributed by atoms with Crippen LogP contribution in [0.3, 0.4) is 0 Å². The summed E-state index contributed by atoms with van der Waals surface area (Å²) in [6.07, 6.45) is 6.13. The summed E-state index contributed by atoms with van der Waals surface area (Å²) in [5.41, 5.74) is 0.991. The van der Waals surface area contributed by atoms with Gasteiger partial charge in [0, 0.05) is 25.6 Å². The summed E-state index contributed by atoms with van der Waals surface area (Å²) in [5, 5.41) is 3.38. The van der Waals surface area contributed by atoms with Crippen LogP contribution in [-0.4, -0.2) is 29.9 Å². The molecule has 0 aliphatic carbocycles. The molecule has 0 saturated carbocycles. The Balaban J connectivity index is 1.94. The van der Waals surface area contributed by atoms with Gasteiger partial charge in [0.25, 0.3) is 0 Å². The zero-order valence-electron chi connectivity index (χ0n) is 13.5. The summed E-state index contributed by atoms with van der Waals surface area (Å²) in [6, 6.07) is 6.78. The number of hydrogen-bond acceptors (Lipinski definition) is 2. The highest BCUT2D eigenvalue weighted by molar-refractivity contribution is 5.76. The molecule has 1 aromatic rings. The highest BCUT2D eigenvalue weighted by Crippen LogP contribution is 2.14. The standard InChI is InChI=1S/C18H27FN2O/c1-2-3-4-12-21(14-15-7-9-16(19)10-8-15)18(22)13-17-6-5-11-20-17/h7-10,17,20H,2-6,11-14H2,1H3. The van der Waals surface area contributed by atoms with Gasteiger partial charge in [-0.05, 0) is 43.5 Å². The van der Waals surface area contributed by atoms with Crippen LogP contribution in [-0.2, 0) is 11.3 Å². The minimum atomic E-state index is -0.234. The van der Waals surface area contributed by atoms with E-state index in [9.17, 15) is 9.18 Å². The molecule has 4 heteroatoms. The molecular formula is C18H27FN2O. The van der Waals surface area contributed by atoms with Gasteiger partial charge in [-0.1, -0.05) is 31.9 Å². The molecule has 2 rings (SSSR count). The molecule has 122 valence electrons. The number of nitrogens with one attached hydrogen (secondary N) is 1. The summed E-state index contributed by atoms with van der Waals surface area (Å²) >= 11 is 0. The first kappa shape index (κ1) is 16.9. The summed E-state index contributed by atoms with van der Waals surface area (Å²) in [5.74, 6) is -0.0254. The van der Waals surface area contributed by atoms with Crippen molar-refractivity contribution >= 4 is 5.91 Å². The van der Waals surface area contributed by atoms with E-state index in [-0.39, 0.29) is 11.7 Å². The van der Waals surface area contributed by atoms with Crippen LogP contribution < -0.4 is 5.32 Å². The number of unbranched alkanes of at least 4 members (excludes halogenated alkanes) is 2. The second-order valence-electron chi connectivity index (χ2n) is 6.15. The van der Waals surface area contributed by atoms with Gasteiger partial charge < -0.3 is 10.2 Å². The van der Waals surface area contributed by atoms with Crippen molar-refractivity contribution in [1.29, 1.82) is 0 Å². The van der Waals surface area contributed by atoms with Crippen molar-refractivity contribution in [3.63, 3.8) is 0 Å². The van der Waals surface area contributed by atoms with E-state index in [0.29, 0.717) is 19.0 Å². The highest BCUT2D eigenvalue weighted by Gasteiger charge is 2.21. The Hall–Kier alpha value is -1.42. The molecule has 1 saturated heterocycles. The van der Waals surface area contributed by atoms with Gasteiger partial charge in [-0.25, -0.2) is 4.39 Å². The second-order valence-corrected chi connectivity index (χ2v) is 6.15. The first-order valence-corrected chi connectivity index (χ1v) is 8.44. The van der Waals surface area contributed by atoms with Crippen molar-refractivity contribution in [2.75, 3.05) is 13.1 Å². The van der Waals surface area contributed by atoms with Gasteiger partial charge in [0.2, 0.25) is 5.91 Å². The van der Waals surface area contributed by atoms with Gasteiger partial charge >= 0.3 is 0 Å². The number of hydrogen-bond donors (Lipinski definition) is 1. The lowest BCUT2D eigenvalue weighted by Crippen LogP contribution is -2.36.